The van der Waals surface area contributed by atoms with E-state index in [2.05, 4.69) is 64.5 Å². The Kier molecular flexibility index (Phi) is 7.13. The van der Waals surface area contributed by atoms with Crippen LogP contribution in [0.4, 0.5) is 11.6 Å². The SMILES string of the molecule is CNCCNCc1cccc(-c2nc(Nc3cc(C4CC4)nn3C)c(C)c(-c3c(C)nsc3C)n2)c1. The minimum atomic E-state index is 0.594. The molecule has 0 saturated heterocycles. The molecule has 4 aromatic rings. The van der Waals surface area contributed by atoms with Gasteiger partial charge in [-0.3, -0.25) is 4.68 Å². The van der Waals surface area contributed by atoms with Crippen LogP contribution < -0.4 is 16.0 Å². The summed E-state index contributed by atoms with van der Waals surface area (Å²) in [5, 5.41) is 14.9. The minimum absolute atomic E-state index is 0.594. The third kappa shape index (κ3) is 5.18. The van der Waals surface area contributed by atoms with Gasteiger partial charge in [-0.2, -0.15) is 9.47 Å². The van der Waals surface area contributed by atoms with E-state index in [9.17, 15) is 0 Å². The van der Waals surface area contributed by atoms with Gasteiger partial charge < -0.3 is 16.0 Å². The molecule has 0 amide bonds. The van der Waals surface area contributed by atoms with E-state index in [4.69, 9.17) is 15.1 Å². The predicted octanol–water partition coefficient (Wildman–Crippen LogP) is 4.86. The molecule has 0 atom stereocenters. The van der Waals surface area contributed by atoms with Crippen molar-refractivity contribution in [2.45, 2.75) is 46.1 Å². The van der Waals surface area contributed by atoms with E-state index in [1.165, 1.54) is 29.9 Å². The maximum Gasteiger partial charge on any atom is 0.162 e. The van der Waals surface area contributed by atoms with Crippen LogP contribution in [-0.4, -0.2) is 44.3 Å². The summed E-state index contributed by atoms with van der Waals surface area (Å²) in [7, 11) is 3.94. The fourth-order valence-electron chi connectivity index (χ4n) is 4.40. The second-order valence-corrected chi connectivity index (χ2v) is 10.5. The van der Waals surface area contributed by atoms with Crippen molar-refractivity contribution in [3.63, 3.8) is 0 Å². The highest BCUT2D eigenvalue weighted by atomic mass is 32.1. The van der Waals surface area contributed by atoms with E-state index < -0.39 is 0 Å². The first-order valence-electron chi connectivity index (χ1n) is 12.5. The van der Waals surface area contributed by atoms with Crippen molar-refractivity contribution in [1.29, 1.82) is 0 Å². The molecule has 8 nitrogen and oxygen atoms in total. The van der Waals surface area contributed by atoms with Gasteiger partial charge in [0.1, 0.15) is 11.6 Å². The Morgan fingerprint density at radius 1 is 1.08 bits per heavy atom. The number of aryl methyl sites for hydroxylation is 3. The lowest BCUT2D eigenvalue weighted by Gasteiger charge is -2.15. The summed E-state index contributed by atoms with van der Waals surface area (Å²) in [6.07, 6.45) is 2.45. The lowest BCUT2D eigenvalue weighted by atomic mass is 10.0. The lowest BCUT2D eigenvalue weighted by Crippen LogP contribution is -2.24. The molecule has 0 spiro atoms. The maximum absolute atomic E-state index is 5.09. The summed E-state index contributed by atoms with van der Waals surface area (Å²) in [5.41, 5.74) is 7.37. The first-order valence-corrected chi connectivity index (χ1v) is 13.3. The van der Waals surface area contributed by atoms with Gasteiger partial charge in [-0.1, -0.05) is 18.2 Å². The molecule has 5 rings (SSSR count). The van der Waals surface area contributed by atoms with Crippen LogP contribution >= 0.6 is 11.5 Å². The zero-order valence-corrected chi connectivity index (χ0v) is 22.5. The van der Waals surface area contributed by atoms with Gasteiger partial charge >= 0.3 is 0 Å². The molecule has 188 valence electrons. The molecule has 1 fully saturated rings. The fraction of sp³-hybridized carbons (Fsp3) is 0.407. The summed E-state index contributed by atoms with van der Waals surface area (Å²) in [4.78, 5) is 11.3. The molecule has 1 aliphatic rings. The zero-order chi connectivity index (χ0) is 25.2. The highest BCUT2D eigenvalue weighted by Gasteiger charge is 2.27. The summed E-state index contributed by atoms with van der Waals surface area (Å²) in [5.74, 6) is 3.03. The van der Waals surface area contributed by atoms with Gasteiger partial charge in [-0.25, -0.2) is 9.97 Å². The third-order valence-corrected chi connectivity index (χ3v) is 7.47. The summed E-state index contributed by atoms with van der Waals surface area (Å²) < 4.78 is 6.50. The molecular weight excluding hydrogens is 468 g/mol. The molecule has 1 aliphatic carbocycles. The van der Waals surface area contributed by atoms with Crippen LogP contribution in [0.1, 0.15) is 46.2 Å². The van der Waals surface area contributed by atoms with Crippen LogP contribution in [0.25, 0.3) is 22.6 Å². The van der Waals surface area contributed by atoms with Gasteiger partial charge in [0.25, 0.3) is 0 Å². The Morgan fingerprint density at radius 2 is 1.92 bits per heavy atom. The average Bonchev–Trinajstić information content (AvgIpc) is 3.59. The highest BCUT2D eigenvalue weighted by molar-refractivity contribution is 7.06. The summed E-state index contributed by atoms with van der Waals surface area (Å²) >= 11 is 1.52. The van der Waals surface area contributed by atoms with Gasteiger partial charge in [-0.05, 0) is 63.8 Å². The van der Waals surface area contributed by atoms with Crippen LogP contribution in [0.3, 0.4) is 0 Å². The summed E-state index contributed by atoms with van der Waals surface area (Å²) in [6, 6.07) is 10.6. The number of nitrogens with one attached hydrogen (secondary N) is 3. The van der Waals surface area contributed by atoms with E-state index in [1.807, 2.05) is 25.7 Å². The highest BCUT2D eigenvalue weighted by Crippen LogP contribution is 2.41. The van der Waals surface area contributed by atoms with Gasteiger partial charge in [0.2, 0.25) is 0 Å². The van der Waals surface area contributed by atoms with Crippen LogP contribution in [-0.2, 0) is 13.6 Å². The van der Waals surface area contributed by atoms with Gasteiger partial charge in [-0.15, -0.1) is 0 Å². The largest absolute Gasteiger partial charge is 0.325 e. The molecule has 0 radical (unpaired) electrons. The quantitative estimate of drug-likeness (QED) is 0.267. The van der Waals surface area contributed by atoms with Crippen LogP contribution in [0.5, 0.6) is 0 Å². The lowest BCUT2D eigenvalue weighted by molar-refractivity contribution is 0.651. The number of likely N-dealkylation sites (N-methyl/N-ethyl adjacent to an activating group) is 1. The molecule has 3 heterocycles. The third-order valence-electron chi connectivity index (χ3n) is 6.62. The number of nitrogens with zero attached hydrogens (tertiary/aromatic N) is 5. The Morgan fingerprint density at radius 3 is 2.64 bits per heavy atom. The molecule has 1 aromatic carbocycles. The first kappa shape index (κ1) is 24.5. The van der Waals surface area contributed by atoms with Crippen molar-refractivity contribution in [3.05, 3.63) is 57.7 Å². The smallest absolute Gasteiger partial charge is 0.162 e. The van der Waals surface area contributed by atoms with E-state index in [1.54, 1.807) is 0 Å². The number of aromatic nitrogens is 5. The monoisotopic (exact) mass is 502 g/mol. The van der Waals surface area contributed by atoms with Gasteiger partial charge in [0, 0.05) is 60.2 Å². The van der Waals surface area contributed by atoms with Crippen LogP contribution in [0.15, 0.2) is 30.3 Å². The molecule has 0 aliphatic heterocycles. The number of anilines is 2. The standard InChI is InChI=1S/C27H34N8S/c1-16-25(24-17(2)34-36-18(24)3)31-27(21-8-6-7-19(13-21)15-29-12-11-28-4)32-26(16)30-23-14-22(20-9-10-20)33-35(23)5/h6-8,13-14,20,28-29H,9-12,15H2,1-5H3,(H,30,31,32). The molecule has 0 bridgehead atoms. The van der Waals surface area contributed by atoms with Gasteiger partial charge in [0.05, 0.1) is 17.1 Å². The number of rotatable bonds is 10. The van der Waals surface area contributed by atoms with E-state index in [0.29, 0.717) is 11.7 Å². The second-order valence-electron chi connectivity index (χ2n) is 9.53. The van der Waals surface area contributed by atoms with Crippen molar-refractivity contribution >= 4 is 23.2 Å². The van der Waals surface area contributed by atoms with E-state index >= 15 is 0 Å². The number of hydrogen-bond donors (Lipinski definition) is 3. The Balaban J connectivity index is 1.55. The maximum atomic E-state index is 5.09. The average molecular weight is 503 g/mol. The van der Waals surface area contributed by atoms with Crippen molar-refractivity contribution in [2.75, 3.05) is 25.5 Å². The normalized spacial score (nSPS) is 13.4. The zero-order valence-electron chi connectivity index (χ0n) is 21.6. The summed E-state index contributed by atoms with van der Waals surface area (Å²) in [6.45, 7) is 8.88. The predicted molar refractivity (Wildman–Crippen MR) is 147 cm³/mol. The van der Waals surface area contributed by atoms with Crippen molar-refractivity contribution in [2.24, 2.45) is 7.05 Å². The molecular formula is C27H34N8S. The van der Waals surface area contributed by atoms with Gasteiger partial charge in [0.15, 0.2) is 5.82 Å². The Labute approximate surface area is 216 Å². The number of hydrogen-bond acceptors (Lipinski definition) is 8. The fourth-order valence-corrected chi connectivity index (χ4v) is 5.11. The van der Waals surface area contributed by atoms with Crippen LogP contribution in [0.2, 0.25) is 0 Å². The van der Waals surface area contributed by atoms with Crippen molar-refractivity contribution in [3.8, 4) is 22.6 Å². The van der Waals surface area contributed by atoms with Crippen molar-refractivity contribution in [1.82, 2.24) is 34.8 Å². The molecule has 3 N–H and O–H groups in total. The van der Waals surface area contributed by atoms with Crippen LogP contribution in [0, 0.1) is 20.8 Å². The van der Waals surface area contributed by atoms with Crippen molar-refractivity contribution < 1.29 is 0 Å². The minimum Gasteiger partial charge on any atom is -0.325 e. The number of benzene rings is 1. The topological polar surface area (TPSA) is 92.6 Å². The second kappa shape index (κ2) is 10.5. The molecule has 0 unspecified atom stereocenters. The van der Waals surface area contributed by atoms with E-state index in [-0.39, 0.29) is 0 Å². The Hall–Kier alpha value is -3.14. The molecule has 36 heavy (non-hydrogen) atoms. The molecule has 1 saturated carbocycles. The van der Waals surface area contributed by atoms with E-state index in [0.717, 1.165) is 69.9 Å². The molecule has 3 aromatic heterocycles. The first-order chi connectivity index (χ1) is 17.4. The molecule has 9 heteroatoms. The Bertz CT molecular complexity index is 1350.